The lowest BCUT2D eigenvalue weighted by atomic mass is 10.0. The van der Waals surface area contributed by atoms with E-state index in [1.54, 1.807) is 18.2 Å². The Hall–Kier alpha value is -2.71. The highest BCUT2D eigenvalue weighted by molar-refractivity contribution is 7.89. The molecule has 3 rings (SSSR count). The van der Waals surface area contributed by atoms with Gasteiger partial charge in [0.15, 0.2) is 0 Å². The molecule has 7 nitrogen and oxygen atoms in total. The quantitative estimate of drug-likeness (QED) is 0.707. The first-order valence-corrected chi connectivity index (χ1v) is 11.5. The Morgan fingerprint density at radius 3 is 2.37 bits per heavy atom. The van der Waals surface area contributed by atoms with Crippen molar-refractivity contribution in [1.29, 1.82) is 0 Å². The predicted molar refractivity (Wildman–Crippen MR) is 115 cm³/mol. The SMILES string of the molecule is CC(=O)N[C@@H](CC(=O)Nc1cccc(S(=O)(=O)N2CCCCC2)c1)c1ccccc1. The third-order valence-corrected chi connectivity index (χ3v) is 6.93. The summed E-state index contributed by atoms with van der Waals surface area (Å²) in [5.74, 6) is -0.545. The Kier molecular flexibility index (Phi) is 7.23. The van der Waals surface area contributed by atoms with E-state index in [1.165, 1.54) is 17.3 Å². The minimum atomic E-state index is -3.58. The molecule has 1 heterocycles. The second-order valence-corrected chi connectivity index (χ2v) is 9.35. The zero-order chi connectivity index (χ0) is 21.6. The number of sulfonamides is 1. The molecule has 1 saturated heterocycles. The summed E-state index contributed by atoms with van der Waals surface area (Å²) in [4.78, 5) is 24.3. The van der Waals surface area contributed by atoms with E-state index in [0.29, 0.717) is 18.8 Å². The number of carbonyl (C=O) groups excluding carboxylic acids is 2. The van der Waals surface area contributed by atoms with Gasteiger partial charge in [-0.25, -0.2) is 8.42 Å². The number of anilines is 1. The summed E-state index contributed by atoms with van der Waals surface area (Å²) in [6, 6.07) is 15.1. The Balaban J connectivity index is 1.72. The molecule has 0 radical (unpaired) electrons. The molecule has 1 fully saturated rings. The third-order valence-electron chi connectivity index (χ3n) is 5.04. The van der Waals surface area contributed by atoms with Gasteiger partial charge in [0.05, 0.1) is 17.4 Å². The van der Waals surface area contributed by atoms with Crippen LogP contribution < -0.4 is 10.6 Å². The third kappa shape index (κ3) is 5.67. The molecule has 30 heavy (non-hydrogen) atoms. The first-order chi connectivity index (χ1) is 14.4. The van der Waals surface area contributed by atoms with E-state index in [4.69, 9.17) is 0 Å². The molecule has 8 heteroatoms. The fourth-order valence-electron chi connectivity index (χ4n) is 3.57. The number of nitrogens with zero attached hydrogens (tertiary/aromatic N) is 1. The van der Waals surface area contributed by atoms with Crippen LogP contribution in [0.5, 0.6) is 0 Å². The van der Waals surface area contributed by atoms with Crippen LogP contribution in [0.2, 0.25) is 0 Å². The van der Waals surface area contributed by atoms with E-state index in [1.807, 2.05) is 30.3 Å². The van der Waals surface area contributed by atoms with Crippen molar-refractivity contribution >= 4 is 27.5 Å². The van der Waals surface area contributed by atoms with Crippen molar-refractivity contribution in [2.24, 2.45) is 0 Å². The van der Waals surface area contributed by atoms with Crippen molar-refractivity contribution in [3.63, 3.8) is 0 Å². The van der Waals surface area contributed by atoms with Crippen molar-refractivity contribution in [1.82, 2.24) is 9.62 Å². The van der Waals surface area contributed by atoms with Gasteiger partial charge in [-0.3, -0.25) is 9.59 Å². The minimum Gasteiger partial charge on any atom is -0.349 e. The average molecular weight is 430 g/mol. The standard InChI is InChI=1S/C22H27N3O4S/c1-17(26)23-21(18-9-4-2-5-10-18)16-22(27)24-19-11-8-12-20(15-19)30(28,29)25-13-6-3-7-14-25/h2,4-5,8-12,15,21H,3,6-7,13-14,16H2,1H3,(H,23,26)(H,24,27)/t21-/m0/s1. The smallest absolute Gasteiger partial charge is 0.243 e. The number of carbonyl (C=O) groups is 2. The van der Waals surface area contributed by atoms with Crippen LogP contribution in [-0.2, 0) is 19.6 Å². The number of piperidine rings is 1. The molecular weight excluding hydrogens is 402 g/mol. The maximum absolute atomic E-state index is 12.9. The summed E-state index contributed by atoms with van der Waals surface area (Å²) in [6.45, 7) is 2.45. The van der Waals surface area contributed by atoms with E-state index < -0.39 is 16.1 Å². The molecule has 0 saturated carbocycles. The minimum absolute atomic E-state index is 0.0344. The normalized spacial score (nSPS) is 15.9. The molecule has 0 aromatic heterocycles. The van der Waals surface area contributed by atoms with Gasteiger partial charge in [0, 0.05) is 25.7 Å². The van der Waals surface area contributed by atoms with E-state index in [-0.39, 0.29) is 23.1 Å². The van der Waals surface area contributed by atoms with Crippen molar-refractivity contribution in [2.75, 3.05) is 18.4 Å². The number of rotatable bonds is 7. The fraction of sp³-hybridized carbons (Fsp3) is 0.364. The summed E-state index contributed by atoms with van der Waals surface area (Å²) in [5, 5.41) is 5.55. The first kappa shape index (κ1) is 22.0. The first-order valence-electron chi connectivity index (χ1n) is 10.1. The maximum Gasteiger partial charge on any atom is 0.243 e. The number of amides is 2. The van der Waals surface area contributed by atoms with Crippen LogP contribution in [0, 0.1) is 0 Å². The molecule has 0 aliphatic carbocycles. The highest BCUT2D eigenvalue weighted by Gasteiger charge is 2.26. The lowest BCUT2D eigenvalue weighted by molar-refractivity contribution is -0.120. The highest BCUT2D eigenvalue weighted by atomic mass is 32.2. The fourth-order valence-corrected chi connectivity index (χ4v) is 5.13. The maximum atomic E-state index is 12.9. The lowest BCUT2D eigenvalue weighted by Gasteiger charge is -2.26. The highest BCUT2D eigenvalue weighted by Crippen LogP contribution is 2.24. The molecular formula is C22H27N3O4S. The lowest BCUT2D eigenvalue weighted by Crippen LogP contribution is -2.35. The van der Waals surface area contributed by atoms with Crippen LogP contribution in [0.15, 0.2) is 59.5 Å². The molecule has 2 aromatic carbocycles. The van der Waals surface area contributed by atoms with Gasteiger partial charge in [-0.05, 0) is 36.6 Å². The topological polar surface area (TPSA) is 95.6 Å². The molecule has 2 aromatic rings. The molecule has 0 spiro atoms. The molecule has 0 unspecified atom stereocenters. The van der Waals surface area contributed by atoms with E-state index >= 15 is 0 Å². The van der Waals surface area contributed by atoms with Crippen molar-refractivity contribution in [3.05, 3.63) is 60.2 Å². The van der Waals surface area contributed by atoms with Crippen LogP contribution in [0.4, 0.5) is 5.69 Å². The van der Waals surface area contributed by atoms with Crippen molar-refractivity contribution in [3.8, 4) is 0 Å². The number of hydrogen-bond donors (Lipinski definition) is 2. The second kappa shape index (κ2) is 9.86. The predicted octanol–water partition coefficient (Wildman–Crippen LogP) is 3.07. The Morgan fingerprint density at radius 1 is 1.00 bits per heavy atom. The van der Waals surface area contributed by atoms with Gasteiger partial charge in [-0.15, -0.1) is 0 Å². The Morgan fingerprint density at radius 2 is 1.70 bits per heavy atom. The molecule has 160 valence electrons. The van der Waals surface area contributed by atoms with E-state index in [2.05, 4.69) is 10.6 Å². The van der Waals surface area contributed by atoms with Crippen LogP contribution in [0.3, 0.4) is 0 Å². The zero-order valence-electron chi connectivity index (χ0n) is 17.0. The Bertz CT molecular complexity index is 986. The number of hydrogen-bond acceptors (Lipinski definition) is 4. The second-order valence-electron chi connectivity index (χ2n) is 7.41. The molecule has 2 N–H and O–H groups in total. The van der Waals surface area contributed by atoms with Crippen LogP contribution in [0.1, 0.15) is 44.2 Å². The van der Waals surface area contributed by atoms with Gasteiger partial charge >= 0.3 is 0 Å². The van der Waals surface area contributed by atoms with Gasteiger partial charge in [0.25, 0.3) is 0 Å². The average Bonchev–Trinajstić information content (AvgIpc) is 2.74. The van der Waals surface area contributed by atoms with Gasteiger partial charge in [-0.2, -0.15) is 4.31 Å². The number of benzene rings is 2. The zero-order valence-corrected chi connectivity index (χ0v) is 17.8. The molecule has 1 aliphatic heterocycles. The van der Waals surface area contributed by atoms with E-state index in [0.717, 1.165) is 24.8 Å². The Labute approximate surface area is 177 Å². The van der Waals surface area contributed by atoms with Crippen LogP contribution in [-0.4, -0.2) is 37.6 Å². The largest absolute Gasteiger partial charge is 0.349 e. The summed E-state index contributed by atoms with van der Waals surface area (Å²) in [6.07, 6.45) is 2.80. The molecule has 1 aliphatic rings. The van der Waals surface area contributed by atoms with Gasteiger partial charge < -0.3 is 10.6 Å². The van der Waals surface area contributed by atoms with Crippen molar-refractivity contribution < 1.29 is 18.0 Å². The summed E-state index contributed by atoms with van der Waals surface area (Å²) in [5.41, 5.74) is 1.23. The summed E-state index contributed by atoms with van der Waals surface area (Å²) >= 11 is 0. The summed E-state index contributed by atoms with van der Waals surface area (Å²) < 4.78 is 27.2. The van der Waals surface area contributed by atoms with E-state index in [9.17, 15) is 18.0 Å². The molecule has 2 amide bonds. The van der Waals surface area contributed by atoms with Gasteiger partial charge in [0.1, 0.15) is 0 Å². The number of nitrogens with one attached hydrogen (secondary N) is 2. The summed E-state index contributed by atoms with van der Waals surface area (Å²) in [7, 11) is -3.58. The van der Waals surface area contributed by atoms with Gasteiger partial charge in [0.2, 0.25) is 21.8 Å². The monoisotopic (exact) mass is 429 g/mol. The van der Waals surface area contributed by atoms with Crippen LogP contribution in [0.25, 0.3) is 0 Å². The molecule has 0 bridgehead atoms. The van der Waals surface area contributed by atoms with Gasteiger partial charge in [-0.1, -0.05) is 42.8 Å². The molecule has 1 atom stereocenters. The van der Waals surface area contributed by atoms with Crippen LogP contribution >= 0.6 is 0 Å². The van der Waals surface area contributed by atoms with Crippen molar-refractivity contribution in [2.45, 2.75) is 43.5 Å².